The maximum absolute atomic E-state index is 9.71. The van der Waals surface area contributed by atoms with E-state index in [1.165, 1.54) is 0 Å². The standard InChI is InChI=1S/C6H10O3/c1-2-3-4-5-9-6(7)8/h2H,1,3-5H2,(H,7,8). The highest BCUT2D eigenvalue weighted by molar-refractivity contribution is 5.56. The lowest BCUT2D eigenvalue weighted by Gasteiger charge is -1.95. The molecule has 0 unspecified atom stereocenters. The molecular formula is C6H10O3. The minimum atomic E-state index is -1.21. The molecule has 0 aliphatic carbocycles. The van der Waals surface area contributed by atoms with Crippen LogP contribution < -0.4 is 0 Å². The maximum atomic E-state index is 9.71. The first-order valence-corrected chi connectivity index (χ1v) is 2.74. The topological polar surface area (TPSA) is 46.5 Å². The molecule has 0 saturated heterocycles. The Hall–Kier alpha value is -0.990. The van der Waals surface area contributed by atoms with Gasteiger partial charge in [-0.1, -0.05) is 6.08 Å². The first-order valence-electron chi connectivity index (χ1n) is 2.74. The molecule has 0 amide bonds. The molecule has 0 fully saturated rings. The van der Waals surface area contributed by atoms with E-state index >= 15 is 0 Å². The van der Waals surface area contributed by atoms with E-state index in [-0.39, 0.29) is 6.61 Å². The molecule has 3 heteroatoms. The molecule has 0 aliphatic rings. The van der Waals surface area contributed by atoms with E-state index in [1.807, 2.05) is 0 Å². The van der Waals surface area contributed by atoms with Crippen molar-refractivity contribution < 1.29 is 14.6 Å². The predicted octanol–water partition coefficient (Wildman–Crippen LogP) is 1.65. The normalized spacial score (nSPS) is 8.44. The minimum Gasteiger partial charge on any atom is -0.450 e. The number of unbranched alkanes of at least 4 members (excludes halogenated alkanes) is 1. The fraction of sp³-hybridized carbons (Fsp3) is 0.500. The lowest BCUT2D eigenvalue weighted by atomic mass is 10.3. The third kappa shape index (κ3) is 7.01. The molecular weight excluding hydrogens is 120 g/mol. The van der Waals surface area contributed by atoms with Gasteiger partial charge in [-0.25, -0.2) is 4.79 Å². The monoisotopic (exact) mass is 130 g/mol. The molecule has 0 atom stereocenters. The quantitative estimate of drug-likeness (QED) is 0.357. The van der Waals surface area contributed by atoms with Crippen molar-refractivity contribution in [2.24, 2.45) is 0 Å². The molecule has 0 spiro atoms. The van der Waals surface area contributed by atoms with Gasteiger partial charge in [-0.15, -0.1) is 6.58 Å². The summed E-state index contributed by atoms with van der Waals surface area (Å²) in [6.45, 7) is 3.74. The minimum absolute atomic E-state index is 0.265. The van der Waals surface area contributed by atoms with E-state index in [9.17, 15) is 4.79 Å². The Morgan fingerprint density at radius 3 is 2.89 bits per heavy atom. The summed E-state index contributed by atoms with van der Waals surface area (Å²) < 4.78 is 4.21. The first-order chi connectivity index (χ1) is 4.27. The summed E-state index contributed by atoms with van der Waals surface area (Å²) in [5, 5.41) is 7.96. The smallest absolute Gasteiger partial charge is 0.450 e. The summed E-state index contributed by atoms with van der Waals surface area (Å²) in [4.78, 5) is 9.71. The van der Waals surface area contributed by atoms with Gasteiger partial charge in [-0.3, -0.25) is 0 Å². The van der Waals surface area contributed by atoms with Crippen LogP contribution in [0.2, 0.25) is 0 Å². The summed E-state index contributed by atoms with van der Waals surface area (Å²) in [6, 6.07) is 0. The zero-order valence-corrected chi connectivity index (χ0v) is 5.17. The Balaban J connectivity index is 2.91. The van der Waals surface area contributed by atoms with Crippen LogP contribution in [0.1, 0.15) is 12.8 Å². The summed E-state index contributed by atoms with van der Waals surface area (Å²) in [7, 11) is 0. The number of rotatable bonds is 4. The Morgan fingerprint density at radius 2 is 2.44 bits per heavy atom. The molecule has 0 aromatic carbocycles. The third-order valence-electron chi connectivity index (χ3n) is 0.778. The second-order valence-electron chi connectivity index (χ2n) is 1.55. The fourth-order valence-electron chi connectivity index (χ4n) is 0.387. The predicted molar refractivity (Wildman–Crippen MR) is 33.4 cm³/mol. The molecule has 0 heterocycles. The van der Waals surface area contributed by atoms with Gasteiger partial charge in [0.1, 0.15) is 0 Å². The summed E-state index contributed by atoms with van der Waals surface area (Å²) >= 11 is 0. The number of allylic oxidation sites excluding steroid dienone is 1. The van der Waals surface area contributed by atoms with E-state index in [2.05, 4.69) is 11.3 Å². The molecule has 0 aromatic rings. The number of carbonyl (C=O) groups is 1. The summed E-state index contributed by atoms with van der Waals surface area (Å²) in [5.41, 5.74) is 0. The first kappa shape index (κ1) is 8.01. The van der Waals surface area contributed by atoms with Crippen LogP contribution in [0.4, 0.5) is 4.79 Å². The van der Waals surface area contributed by atoms with Crippen molar-refractivity contribution in [1.29, 1.82) is 0 Å². The van der Waals surface area contributed by atoms with Crippen LogP contribution in [0.15, 0.2) is 12.7 Å². The Kier molecular flexibility index (Phi) is 4.59. The average molecular weight is 130 g/mol. The second kappa shape index (κ2) is 5.15. The van der Waals surface area contributed by atoms with Gasteiger partial charge in [0.15, 0.2) is 0 Å². The van der Waals surface area contributed by atoms with Crippen LogP contribution in [-0.4, -0.2) is 17.9 Å². The highest BCUT2D eigenvalue weighted by atomic mass is 16.7. The number of ether oxygens (including phenoxy) is 1. The van der Waals surface area contributed by atoms with Crippen molar-refractivity contribution >= 4 is 6.16 Å². The third-order valence-corrected chi connectivity index (χ3v) is 0.778. The van der Waals surface area contributed by atoms with Crippen molar-refractivity contribution in [3.63, 3.8) is 0 Å². The SMILES string of the molecule is C=CCCCOC(=O)O. The van der Waals surface area contributed by atoms with Crippen LogP contribution in [0.25, 0.3) is 0 Å². The number of hydrogen-bond acceptors (Lipinski definition) is 2. The van der Waals surface area contributed by atoms with Crippen molar-refractivity contribution in [2.45, 2.75) is 12.8 Å². The number of hydrogen-bond donors (Lipinski definition) is 1. The van der Waals surface area contributed by atoms with Gasteiger partial charge < -0.3 is 9.84 Å². The van der Waals surface area contributed by atoms with E-state index < -0.39 is 6.16 Å². The average Bonchev–Trinajstić information content (AvgIpc) is 1.80. The molecule has 0 rings (SSSR count). The largest absolute Gasteiger partial charge is 0.505 e. The molecule has 1 N–H and O–H groups in total. The van der Waals surface area contributed by atoms with Crippen LogP contribution in [0, 0.1) is 0 Å². The number of carboxylic acid groups (broad SMARTS) is 1. The van der Waals surface area contributed by atoms with Crippen LogP contribution >= 0.6 is 0 Å². The van der Waals surface area contributed by atoms with Gasteiger partial charge in [0.2, 0.25) is 0 Å². The van der Waals surface area contributed by atoms with Crippen molar-refractivity contribution in [3.8, 4) is 0 Å². The maximum Gasteiger partial charge on any atom is 0.505 e. The van der Waals surface area contributed by atoms with Crippen molar-refractivity contribution in [1.82, 2.24) is 0 Å². The summed E-state index contributed by atoms with van der Waals surface area (Å²) in [5.74, 6) is 0. The Labute approximate surface area is 53.9 Å². The Morgan fingerprint density at radius 1 is 1.78 bits per heavy atom. The second-order valence-corrected chi connectivity index (χ2v) is 1.55. The molecule has 0 aromatic heterocycles. The molecule has 9 heavy (non-hydrogen) atoms. The van der Waals surface area contributed by atoms with Gasteiger partial charge in [0.25, 0.3) is 0 Å². The highest BCUT2D eigenvalue weighted by Crippen LogP contribution is 1.89. The van der Waals surface area contributed by atoms with Gasteiger partial charge in [0, 0.05) is 0 Å². The molecule has 0 saturated carbocycles. The van der Waals surface area contributed by atoms with E-state index in [0.717, 1.165) is 12.8 Å². The zero-order valence-electron chi connectivity index (χ0n) is 5.17. The van der Waals surface area contributed by atoms with E-state index in [1.54, 1.807) is 6.08 Å². The lowest BCUT2D eigenvalue weighted by molar-refractivity contribution is 0.0909. The van der Waals surface area contributed by atoms with Crippen molar-refractivity contribution in [2.75, 3.05) is 6.61 Å². The van der Waals surface area contributed by atoms with Gasteiger partial charge in [-0.05, 0) is 12.8 Å². The Bertz CT molecular complexity index is 98.5. The molecule has 0 bridgehead atoms. The van der Waals surface area contributed by atoms with Gasteiger partial charge in [-0.2, -0.15) is 0 Å². The van der Waals surface area contributed by atoms with E-state index in [4.69, 9.17) is 5.11 Å². The fourth-order valence-corrected chi connectivity index (χ4v) is 0.387. The molecule has 52 valence electrons. The van der Waals surface area contributed by atoms with E-state index in [0.29, 0.717) is 0 Å². The van der Waals surface area contributed by atoms with Crippen LogP contribution in [0.3, 0.4) is 0 Å². The summed E-state index contributed by atoms with van der Waals surface area (Å²) in [6.07, 6.45) is 2.04. The van der Waals surface area contributed by atoms with Crippen molar-refractivity contribution in [3.05, 3.63) is 12.7 Å². The van der Waals surface area contributed by atoms with Gasteiger partial charge in [0.05, 0.1) is 6.61 Å². The molecule has 3 nitrogen and oxygen atoms in total. The molecule has 0 radical (unpaired) electrons. The zero-order chi connectivity index (χ0) is 7.11. The lowest BCUT2D eigenvalue weighted by Crippen LogP contribution is -2.00. The molecule has 0 aliphatic heterocycles. The van der Waals surface area contributed by atoms with Crippen LogP contribution in [-0.2, 0) is 4.74 Å². The highest BCUT2D eigenvalue weighted by Gasteiger charge is 1.92. The van der Waals surface area contributed by atoms with Gasteiger partial charge >= 0.3 is 6.16 Å². The van der Waals surface area contributed by atoms with Crippen LogP contribution in [0.5, 0.6) is 0 Å².